The molecule has 164 valence electrons. The molecule has 0 aromatic carbocycles. The second-order valence-electron chi connectivity index (χ2n) is 9.83. The van der Waals surface area contributed by atoms with Crippen LogP contribution < -0.4 is 0 Å². The van der Waals surface area contributed by atoms with Gasteiger partial charge in [-0.3, -0.25) is 4.79 Å². The number of hydrogen-bond acceptors (Lipinski definition) is 3. The van der Waals surface area contributed by atoms with Crippen LogP contribution in [0.4, 0.5) is 0 Å². The maximum Gasteiger partial charge on any atom is 0.293 e. The predicted octanol–water partition coefficient (Wildman–Crippen LogP) is 6.79. The summed E-state index contributed by atoms with van der Waals surface area (Å²) < 4.78 is 10.3. The number of rotatable bonds is 14. The zero-order chi connectivity index (χ0) is 20.0. The first-order valence-electron chi connectivity index (χ1n) is 12.3. The Bertz CT molecular complexity index is 381. The van der Waals surface area contributed by atoms with Crippen molar-refractivity contribution in [3.63, 3.8) is 0 Å². The summed E-state index contributed by atoms with van der Waals surface area (Å²) in [5, 5.41) is 0. The van der Waals surface area contributed by atoms with Crippen molar-refractivity contribution in [1.29, 1.82) is 0 Å². The lowest BCUT2D eigenvalue weighted by Crippen LogP contribution is -2.23. The molecule has 0 heterocycles. The normalized spacial score (nSPS) is 29.4. The van der Waals surface area contributed by atoms with Crippen molar-refractivity contribution in [1.82, 2.24) is 0 Å². The zero-order valence-corrected chi connectivity index (χ0v) is 18.7. The molecule has 1 atom stereocenters. The Morgan fingerprint density at radius 3 is 1.82 bits per heavy atom. The molecule has 0 N–H and O–H groups in total. The van der Waals surface area contributed by atoms with E-state index in [1.807, 2.05) is 0 Å². The average molecular weight is 395 g/mol. The highest BCUT2D eigenvalue weighted by molar-refractivity contribution is 5.36. The van der Waals surface area contributed by atoms with Crippen LogP contribution in [0.3, 0.4) is 0 Å². The SMILES string of the molecule is CCCCCC1CCC(CCC2CCC(CC(COC)COC=O)CC2)CC1. The van der Waals surface area contributed by atoms with Gasteiger partial charge in [-0.15, -0.1) is 0 Å². The van der Waals surface area contributed by atoms with Crippen molar-refractivity contribution in [3.05, 3.63) is 0 Å². The van der Waals surface area contributed by atoms with Crippen molar-refractivity contribution < 1.29 is 14.3 Å². The highest BCUT2D eigenvalue weighted by Crippen LogP contribution is 2.39. The number of carbonyl (C=O) groups is 1. The fraction of sp³-hybridized carbons (Fsp3) is 0.960. The lowest BCUT2D eigenvalue weighted by Gasteiger charge is -2.33. The van der Waals surface area contributed by atoms with Crippen LogP contribution >= 0.6 is 0 Å². The number of hydrogen-bond donors (Lipinski definition) is 0. The predicted molar refractivity (Wildman–Crippen MR) is 116 cm³/mol. The lowest BCUT2D eigenvalue weighted by atomic mass is 9.73. The van der Waals surface area contributed by atoms with E-state index >= 15 is 0 Å². The van der Waals surface area contributed by atoms with E-state index in [1.54, 1.807) is 7.11 Å². The Labute approximate surface area is 174 Å². The first kappa shape index (κ1) is 23.7. The lowest BCUT2D eigenvalue weighted by molar-refractivity contribution is -0.130. The van der Waals surface area contributed by atoms with Gasteiger partial charge in [0.05, 0.1) is 13.2 Å². The minimum atomic E-state index is 0.365. The van der Waals surface area contributed by atoms with E-state index in [0.29, 0.717) is 25.6 Å². The molecule has 0 aromatic rings. The maximum absolute atomic E-state index is 10.5. The molecular weight excluding hydrogens is 348 g/mol. The molecule has 2 saturated carbocycles. The molecule has 3 heteroatoms. The Hall–Kier alpha value is -0.570. The van der Waals surface area contributed by atoms with Crippen LogP contribution in [0.2, 0.25) is 0 Å². The van der Waals surface area contributed by atoms with Crippen molar-refractivity contribution in [3.8, 4) is 0 Å². The van der Waals surface area contributed by atoms with Crippen LogP contribution in [-0.2, 0) is 14.3 Å². The number of methoxy groups -OCH3 is 1. The van der Waals surface area contributed by atoms with Gasteiger partial charge in [0.15, 0.2) is 0 Å². The molecule has 2 aliphatic carbocycles. The molecule has 0 radical (unpaired) electrons. The quantitative estimate of drug-likeness (QED) is 0.240. The van der Waals surface area contributed by atoms with Gasteiger partial charge >= 0.3 is 0 Å². The van der Waals surface area contributed by atoms with Crippen LogP contribution in [0.5, 0.6) is 0 Å². The van der Waals surface area contributed by atoms with Gasteiger partial charge in [0.25, 0.3) is 6.47 Å². The maximum atomic E-state index is 10.5. The van der Waals surface area contributed by atoms with Crippen LogP contribution in [0, 0.1) is 29.6 Å². The van der Waals surface area contributed by atoms with E-state index in [1.165, 1.54) is 89.9 Å². The van der Waals surface area contributed by atoms with Gasteiger partial charge in [-0.05, 0) is 30.1 Å². The molecule has 2 fully saturated rings. The highest BCUT2D eigenvalue weighted by Gasteiger charge is 2.26. The molecule has 0 aliphatic heterocycles. The Morgan fingerprint density at radius 2 is 1.32 bits per heavy atom. The smallest absolute Gasteiger partial charge is 0.293 e. The fourth-order valence-corrected chi connectivity index (χ4v) is 5.79. The van der Waals surface area contributed by atoms with Crippen molar-refractivity contribution in [2.24, 2.45) is 29.6 Å². The largest absolute Gasteiger partial charge is 0.468 e. The van der Waals surface area contributed by atoms with Crippen molar-refractivity contribution in [2.75, 3.05) is 20.3 Å². The van der Waals surface area contributed by atoms with Gasteiger partial charge in [-0.1, -0.05) is 96.8 Å². The van der Waals surface area contributed by atoms with E-state index < -0.39 is 0 Å². The first-order chi connectivity index (χ1) is 13.7. The monoisotopic (exact) mass is 394 g/mol. The molecule has 1 unspecified atom stereocenters. The van der Waals surface area contributed by atoms with Crippen LogP contribution in [0.1, 0.15) is 103 Å². The summed E-state index contributed by atoms with van der Waals surface area (Å²) in [7, 11) is 1.74. The topological polar surface area (TPSA) is 35.5 Å². The Morgan fingerprint density at radius 1 is 0.786 bits per heavy atom. The Kier molecular flexibility index (Phi) is 12.2. The third-order valence-electron chi connectivity index (χ3n) is 7.60. The summed E-state index contributed by atoms with van der Waals surface area (Å²) in [5.74, 6) is 4.19. The third-order valence-corrected chi connectivity index (χ3v) is 7.60. The van der Waals surface area contributed by atoms with E-state index in [4.69, 9.17) is 9.47 Å². The van der Waals surface area contributed by atoms with Crippen molar-refractivity contribution in [2.45, 2.75) is 103 Å². The van der Waals surface area contributed by atoms with E-state index in [2.05, 4.69) is 6.92 Å². The summed E-state index contributed by atoms with van der Waals surface area (Å²) in [6, 6.07) is 0. The first-order valence-corrected chi connectivity index (χ1v) is 12.3. The van der Waals surface area contributed by atoms with Crippen LogP contribution in [0.25, 0.3) is 0 Å². The van der Waals surface area contributed by atoms with Crippen LogP contribution in [-0.4, -0.2) is 26.8 Å². The van der Waals surface area contributed by atoms with Gasteiger partial charge in [0.1, 0.15) is 0 Å². The molecule has 0 spiro atoms. The van der Waals surface area contributed by atoms with Gasteiger partial charge < -0.3 is 9.47 Å². The molecular formula is C25H46O3. The molecule has 0 aromatic heterocycles. The van der Waals surface area contributed by atoms with E-state index in [-0.39, 0.29) is 0 Å². The summed E-state index contributed by atoms with van der Waals surface area (Å²) in [5.41, 5.74) is 0. The van der Waals surface area contributed by atoms with E-state index in [0.717, 1.165) is 30.1 Å². The summed E-state index contributed by atoms with van der Waals surface area (Å²) in [6.45, 7) is 4.09. The number of carbonyl (C=O) groups excluding carboxylic acids is 1. The molecule has 0 bridgehead atoms. The Balaban J connectivity index is 1.56. The molecule has 0 amide bonds. The second kappa shape index (κ2) is 14.4. The van der Waals surface area contributed by atoms with Gasteiger partial charge in [-0.25, -0.2) is 0 Å². The molecule has 2 aliphatic rings. The highest BCUT2D eigenvalue weighted by atomic mass is 16.5. The molecule has 3 nitrogen and oxygen atoms in total. The fourth-order valence-electron chi connectivity index (χ4n) is 5.79. The number of unbranched alkanes of at least 4 members (excludes halogenated alkanes) is 2. The van der Waals surface area contributed by atoms with E-state index in [9.17, 15) is 4.79 Å². The third kappa shape index (κ3) is 9.29. The van der Waals surface area contributed by atoms with Gasteiger partial charge in [0, 0.05) is 13.0 Å². The summed E-state index contributed by atoms with van der Waals surface area (Å²) in [6.07, 6.45) is 21.4. The van der Waals surface area contributed by atoms with Gasteiger partial charge in [-0.2, -0.15) is 0 Å². The minimum absolute atomic E-state index is 0.365. The average Bonchev–Trinajstić information content (AvgIpc) is 2.73. The number of ether oxygens (including phenoxy) is 2. The zero-order valence-electron chi connectivity index (χ0n) is 18.7. The molecule has 0 saturated heterocycles. The van der Waals surface area contributed by atoms with Crippen molar-refractivity contribution >= 4 is 6.47 Å². The standard InChI is InChI=1S/C25H46O3/c1-3-4-5-6-21-7-9-22(10-8-21)11-12-23-13-15-24(16-14-23)17-25(18-27-2)19-28-20-26/h20-25H,3-19H2,1-2H3. The minimum Gasteiger partial charge on any atom is -0.468 e. The molecule has 28 heavy (non-hydrogen) atoms. The van der Waals surface area contributed by atoms with Crippen LogP contribution in [0.15, 0.2) is 0 Å². The summed E-state index contributed by atoms with van der Waals surface area (Å²) >= 11 is 0. The second-order valence-corrected chi connectivity index (χ2v) is 9.83. The summed E-state index contributed by atoms with van der Waals surface area (Å²) in [4.78, 5) is 10.5. The molecule has 2 rings (SSSR count). The van der Waals surface area contributed by atoms with Gasteiger partial charge in [0.2, 0.25) is 0 Å².